The van der Waals surface area contributed by atoms with Gasteiger partial charge in [0.05, 0.1) is 44.7 Å². The van der Waals surface area contributed by atoms with E-state index in [0.717, 1.165) is 89.2 Å². The molecule has 14 heteroatoms. The molecular formula is C133H99N13Si. The van der Waals surface area contributed by atoms with Crippen LogP contribution in [0.2, 0.25) is 0 Å². The summed E-state index contributed by atoms with van der Waals surface area (Å²) in [7, 11) is -2.62. The molecule has 0 saturated carbocycles. The zero-order valence-electron chi connectivity index (χ0n) is 78.0. The van der Waals surface area contributed by atoms with Gasteiger partial charge in [-0.3, -0.25) is 0 Å². The molecule has 0 aliphatic carbocycles. The first kappa shape index (κ1) is 93.8. The Labute approximate surface area is 855 Å². The lowest BCUT2D eigenvalue weighted by molar-refractivity contribution is 1.07. The third-order valence-electron chi connectivity index (χ3n) is 26.8. The molecule has 0 amide bonds. The molecule has 26 aromatic rings. The quantitative estimate of drug-likeness (QED) is 0.0599. The lowest BCUT2D eigenvalue weighted by Gasteiger charge is -2.34. The van der Waals surface area contributed by atoms with Crippen LogP contribution in [0.5, 0.6) is 0 Å². The maximum atomic E-state index is 9.41. The summed E-state index contributed by atoms with van der Waals surface area (Å²) >= 11 is 0. The van der Waals surface area contributed by atoms with Gasteiger partial charge in [-0.15, -0.1) is 0 Å². The van der Waals surface area contributed by atoms with Crippen LogP contribution < -0.4 is 20.7 Å². The van der Waals surface area contributed by atoms with Crippen molar-refractivity contribution in [3.63, 3.8) is 0 Å². The molecule has 26 rings (SSSR count). The van der Waals surface area contributed by atoms with E-state index in [1.807, 2.05) is 164 Å². The van der Waals surface area contributed by atoms with Crippen LogP contribution in [0.3, 0.4) is 0 Å². The Hall–Kier alpha value is -19.5. The number of hydrogen-bond donors (Lipinski definition) is 0. The van der Waals surface area contributed by atoms with Gasteiger partial charge in [0.15, 0.2) is 60.5 Å². The van der Waals surface area contributed by atoms with Crippen LogP contribution >= 0.6 is 0 Å². The van der Waals surface area contributed by atoms with Crippen LogP contribution in [-0.2, 0) is 0 Å². The molecule has 0 atom stereocenters. The van der Waals surface area contributed by atoms with Gasteiger partial charge in [-0.25, -0.2) is 44.9 Å². The molecule has 0 bridgehead atoms. The number of benzene rings is 20. The van der Waals surface area contributed by atoms with Crippen molar-refractivity contribution >= 4 is 94.2 Å². The average Bonchev–Trinajstić information content (AvgIpc) is 1.25. The molecule has 0 radical (unpaired) electrons. The van der Waals surface area contributed by atoms with Crippen LogP contribution in [0.25, 0.3) is 207 Å². The molecule has 0 saturated heterocycles. The second kappa shape index (κ2) is 41.8. The molecule has 6 aromatic heterocycles. The summed E-state index contributed by atoms with van der Waals surface area (Å²) in [4.78, 5) is 43.9. The van der Waals surface area contributed by atoms with Gasteiger partial charge in [-0.1, -0.05) is 417 Å². The van der Waals surface area contributed by atoms with Crippen molar-refractivity contribution in [3.05, 3.63) is 533 Å². The molecule has 0 fully saturated rings. The largest absolute Gasteiger partial charge is 0.309 e. The Kier molecular flexibility index (Phi) is 26.6. The number of rotatable bonds is 18. The number of nitrogens with zero attached hydrogens (tertiary/aromatic N) is 13. The zero-order valence-corrected chi connectivity index (χ0v) is 79.0. The highest BCUT2D eigenvalue weighted by Crippen LogP contribution is 2.41. The summed E-state index contributed by atoms with van der Waals surface area (Å²) in [5, 5.41) is 22.2. The summed E-state index contributed by atoms with van der Waals surface area (Å²) in [6.07, 6.45) is 0. The van der Waals surface area contributed by atoms with Crippen LogP contribution in [0.1, 0.15) is 27.8 Å². The molecular weight excluding hydrogens is 1810 g/mol. The Morgan fingerprint density at radius 1 is 0.156 bits per heavy atom. The van der Waals surface area contributed by atoms with Crippen molar-refractivity contribution in [2.45, 2.75) is 22.3 Å². The Bertz CT molecular complexity index is 8930. The van der Waals surface area contributed by atoms with E-state index in [1.54, 1.807) is 12.1 Å². The summed E-state index contributed by atoms with van der Waals surface area (Å²) < 4.78 is 6.98. The van der Waals surface area contributed by atoms with E-state index in [4.69, 9.17) is 44.9 Å². The predicted molar refractivity (Wildman–Crippen MR) is 611 cm³/mol. The van der Waals surface area contributed by atoms with E-state index in [9.17, 15) is 5.26 Å². The molecule has 6 heterocycles. The fraction of sp³-hybridized carbons (Fsp3) is 0.0226. The second-order valence-electron chi connectivity index (χ2n) is 35.4. The molecule has 0 aliphatic rings. The highest BCUT2D eigenvalue weighted by molar-refractivity contribution is 7.19. The lowest BCUT2D eigenvalue weighted by Crippen LogP contribution is -2.74. The molecule has 0 unspecified atom stereocenters. The monoisotopic (exact) mass is 1910 g/mol. The summed E-state index contributed by atoms with van der Waals surface area (Å²) in [6, 6.07) is 186. The molecule has 700 valence electrons. The van der Waals surface area contributed by atoms with Crippen molar-refractivity contribution in [1.82, 2.24) is 58.6 Å². The summed E-state index contributed by atoms with van der Waals surface area (Å²) in [5.41, 5.74) is 23.8. The van der Waals surface area contributed by atoms with E-state index >= 15 is 0 Å². The fourth-order valence-corrected chi connectivity index (χ4v) is 24.6. The lowest BCUT2D eigenvalue weighted by atomic mass is 10.0. The van der Waals surface area contributed by atoms with Gasteiger partial charge in [-0.2, -0.15) is 5.26 Å². The number of fused-ring (bicyclic) bond motifs is 9. The van der Waals surface area contributed by atoms with Gasteiger partial charge in [-0.05, 0) is 176 Å². The number of aromatic nitrogens is 12. The van der Waals surface area contributed by atoms with E-state index in [0.29, 0.717) is 58.0 Å². The van der Waals surface area contributed by atoms with Crippen molar-refractivity contribution < 1.29 is 0 Å². The maximum Gasteiger partial charge on any atom is 0.179 e. The topological polar surface area (TPSA) is 155 Å². The minimum Gasteiger partial charge on any atom is -0.309 e. The van der Waals surface area contributed by atoms with Gasteiger partial charge in [0.1, 0.15) is 0 Å². The van der Waals surface area contributed by atoms with Crippen LogP contribution in [-0.4, -0.2) is 66.6 Å². The van der Waals surface area contributed by atoms with Crippen molar-refractivity contribution in [3.8, 4) is 148 Å². The second-order valence-corrected chi connectivity index (χ2v) is 39.2. The van der Waals surface area contributed by atoms with Gasteiger partial charge >= 0.3 is 0 Å². The normalized spacial score (nSPS) is 11.1. The van der Waals surface area contributed by atoms with E-state index in [2.05, 4.69) is 372 Å². The van der Waals surface area contributed by atoms with E-state index in [-0.39, 0.29) is 22.3 Å². The average molecular weight is 1910 g/mol. The third kappa shape index (κ3) is 18.4. The first-order chi connectivity index (χ1) is 71.3. The van der Waals surface area contributed by atoms with Crippen LogP contribution in [0.15, 0.2) is 528 Å². The van der Waals surface area contributed by atoms with Crippen molar-refractivity contribution in [2.75, 3.05) is 0 Å². The predicted octanol–water partition coefficient (Wildman–Crippen LogP) is 30.4. The standard InChI is InChI=1S/C57H40N4Si.C39H26N4.C34H21N5.3CH4/c1-6-18-42(19-7-1)55-58-56(43-20-8-2-9-21-43)60-57(59-55)44-30-35-46(36-31-44)61-53-29-17-16-28-51(53)52-40-45(34-39-54(52)61)41-32-37-50(38-33-41)62(47-22-10-3-11-23-47,48-24-12-4-13-25-48)49-26-14-5-15-27-49;1-4-12-27(13-5-1)31-22-25-36-34(26-31)33-18-10-11-19-35(33)43(36)32-23-20-30(21-24-32)39-41-37(28-14-6-2-7-15-28)40-38(42-39)29-16-8-3-9-17-29;35-22-23-9-8-12-26(21-23)34-37-32(24-10-2-1-3-11-24)36-33(38-34)25-17-19-27(20-18-25)39-30-15-6-4-13-28(30)29-14-5-7-16-31(29)39;;;/h1-40H;1-26H;1-21H;3*1H4. The van der Waals surface area contributed by atoms with Gasteiger partial charge in [0.25, 0.3) is 0 Å². The Balaban J connectivity index is 0.000000132. The molecule has 0 N–H and O–H groups in total. The van der Waals surface area contributed by atoms with Crippen molar-refractivity contribution in [1.29, 1.82) is 5.26 Å². The number of nitriles is 1. The van der Waals surface area contributed by atoms with E-state index in [1.165, 1.54) is 86.4 Å². The fourth-order valence-electron chi connectivity index (χ4n) is 19.9. The molecule has 20 aromatic carbocycles. The summed E-state index contributed by atoms with van der Waals surface area (Å²) in [5.74, 6) is 5.59. The number of hydrogen-bond acceptors (Lipinski definition) is 10. The van der Waals surface area contributed by atoms with Gasteiger partial charge < -0.3 is 13.7 Å². The molecule has 0 aliphatic heterocycles. The first-order valence-corrected chi connectivity index (χ1v) is 50.1. The summed E-state index contributed by atoms with van der Waals surface area (Å²) in [6.45, 7) is 0. The highest BCUT2D eigenvalue weighted by Gasteiger charge is 2.41. The molecule has 147 heavy (non-hydrogen) atoms. The minimum absolute atomic E-state index is 0. The first-order valence-electron chi connectivity index (χ1n) is 48.1. The molecule has 13 nitrogen and oxygen atoms in total. The SMILES string of the molecule is C.C.C.N#Cc1cccc(-c2nc(-c3ccccc3)nc(-c3ccc(-n4c5ccccc5c5ccccc54)cc3)n2)c1.c1ccc(-c2ccc3c(c2)c2ccccc2n3-c2ccc(-c3nc(-c4ccccc4)nc(-c4ccccc4)n3)cc2)cc1.c1ccc(-c2nc(-c3ccccc3)nc(-c3ccc(-n4c5ccccc5c5cc(-c6ccc([Si](c7ccccc7)(c7ccccc7)c7ccccc7)cc6)ccc54)cc3)n2)cc1. The van der Waals surface area contributed by atoms with Gasteiger partial charge in [0, 0.05) is 99.5 Å². The van der Waals surface area contributed by atoms with Gasteiger partial charge in [0.2, 0.25) is 0 Å². The van der Waals surface area contributed by atoms with Crippen molar-refractivity contribution in [2.24, 2.45) is 0 Å². The van der Waals surface area contributed by atoms with Crippen LogP contribution in [0.4, 0.5) is 0 Å². The maximum absolute atomic E-state index is 9.41. The van der Waals surface area contributed by atoms with Crippen LogP contribution in [0, 0.1) is 11.3 Å². The highest BCUT2D eigenvalue weighted by atomic mass is 28.3. The Morgan fingerprint density at radius 2 is 0.354 bits per heavy atom. The molecule has 0 spiro atoms. The Morgan fingerprint density at radius 3 is 0.633 bits per heavy atom. The van der Waals surface area contributed by atoms with E-state index < -0.39 is 8.07 Å². The smallest absolute Gasteiger partial charge is 0.179 e. The number of para-hydroxylation sites is 4. The third-order valence-corrected chi connectivity index (χ3v) is 31.6. The minimum atomic E-state index is -2.62. The zero-order chi connectivity index (χ0) is 96.1.